The summed E-state index contributed by atoms with van der Waals surface area (Å²) < 4.78 is 34.3. The summed E-state index contributed by atoms with van der Waals surface area (Å²) in [5, 5.41) is 0.403. The number of amides is 1. The molecule has 9 nitrogen and oxygen atoms in total. The summed E-state index contributed by atoms with van der Waals surface area (Å²) in [7, 11) is 3.94. The van der Waals surface area contributed by atoms with Gasteiger partial charge < -0.3 is 26.0 Å². The van der Waals surface area contributed by atoms with E-state index in [4.69, 9.17) is 16.2 Å². The molecule has 0 radical (unpaired) electrons. The molecule has 4 N–H and O–H groups in total. The lowest BCUT2D eigenvalue weighted by atomic mass is 9.97. The Bertz CT molecular complexity index is 1650. The lowest BCUT2D eigenvalue weighted by Gasteiger charge is -2.17. The lowest BCUT2D eigenvalue weighted by molar-refractivity contribution is -0.146. The molecule has 224 valence electrons. The molecule has 1 aliphatic rings. The number of benzene rings is 3. The highest BCUT2D eigenvalue weighted by molar-refractivity contribution is 6.06. The molecular formula is C32H34F2N6O3. The van der Waals surface area contributed by atoms with Crippen LogP contribution in [-0.4, -0.2) is 58.3 Å². The Morgan fingerprint density at radius 1 is 1.00 bits per heavy atom. The van der Waals surface area contributed by atoms with Gasteiger partial charge in [-0.3, -0.25) is 9.59 Å². The zero-order chi connectivity index (χ0) is 30.7. The predicted octanol–water partition coefficient (Wildman–Crippen LogP) is 4.42. The largest absolute Gasteiger partial charge is 0.460 e. The van der Waals surface area contributed by atoms with E-state index in [1.165, 1.54) is 0 Å². The number of fused-ring (bicyclic) bond motifs is 2. The van der Waals surface area contributed by atoms with Gasteiger partial charge in [0.15, 0.2) is 11.6 Å². The summed E-state index contributed by atoms with van der Waals surface area (Å²) >= 11 is 0. The molecule has 0 spiro atoms. The van der Waals surface area contributed by atoms with Gasteiger partial charge in [-0.25, -0.2) is 18.7 Å². The van der Waals surface area contributed by atoms with E-state index in [2.05, 4.69) is 9.97 Å². The monoisotopic (exact) mass is 588 g/mol. The van der Waals surface area contributed by atoms with Crippen LogP contribution in [0.15, 0.2) is 54.6 Å². The number of carbonyl (C=O) groups is 2. The number of hydrogen-bond donors (Lipinski definition) is 2. The minimum atomic E-state index is -1.08. The first-order chi connectivity index (χ1) is 20.6. The number of aromatic nitrogens is 2. The second-order valence-corrected chi connectivity index (χ2v) is 11.0. The van der Waals surface area contributed by atoms with Crippen LogP contribution in [-0.2, 0) is 29.2 Å². The summed E-state index contributed by atoms with van der Waals surface area (Å²) in [5.41, 5.74) is 15.6. The second-order valence-electron chi connectivity index (χ2n) is 11.0. The van der Waals surface area contributed by atoms with Crippen LogP contribution in [0.3, 0.4) is 0 Å². The van der Waals surface area contributed by atoms with Gasteiger partial charge in [0, 0.05) is 24.0 Å². The number of carbonyl (C=O) groups excluding carboxylic acids is 2. The van der Waals surface area contributed by atoms with Crippen molar-refractivity contribution in [3.8, 4) is 11.1 Å². The molecule has 11 heteroatoms. The number of anilines is 1. The molecule has 5 rings (SSSR count). The molecule has 1 unspecified atom stereocenters. The van der Waals surface area contributed by atoms with Gasteiger partial charge in [0.1, 0.15) is 18.3 Å². The van der Waals surface area contributed by atoms with Gasteiger partial charge in [0.05, 0.1) is 5.52 Å². The number of esters is 1. The Morgan fingerprint density at radius 2 is 1.70 bits per heavy atom. The number of unbranched alkanes of at least 4 members (excludes halogenated alkanes) is 1. The van der Waals surface area contributed by atoms with Crippen LogP contribution in [0.25, 0.3) is 22.0 Å². The Hall–Kier alpha value is -4.48. The minimum absolute atomic E-state index is 0.0567. The summed E-state index contributed by atoms with van der Waals surface area (Å²) in [6.45, 7) is 1.42. The summed E-state index contributed by atoms with van der Waals surface area (Å²) in [6.07, 6.45) is 2.08. The average Bonchev–Trinajstić information content (AvgIpc) is 3.43. The first-order valence-electron chi connectivity index (χ1n) is 14.1. The number of nitrogen functional groups attached to an aromatic ring is 1. The van der Waals surface area contributed by atoms with E-state index < -0.39 is 23.6 Å². The van der Waals surface area contributed by atoms with Gasteiger partial charge in [0.2, 0.25) is 5.95 Å². The standard InChI is InChI=1S/C32H34F2N6O3/c1-39(2)12-6-5-9-27(35)31(42)43-18-22-14-25(33)26(34)15-23(22)19-10-11-28-24(13-19)29(38-32(36)37-28)30(41)40-16-20-7-3-4-8-21(20)17-40/h3-4,7-8,10-11,13-15,27H,5-6,9,12,16-18,35H2,1-2H3,(H2,36,37,38). The first kappa shape index (κ1) is 30.0. The lowest BCUT2D eigenvalue weighted by Crippen LogP contribution is -2.32. The van der Waals surface area contributed by atoms with Crippen molar-refractivity contribution in [1.82, 2.24) is 19.8 Å². The molecule has 43 heavy (non-hydrogen) atoms. The van der Waals surface area contributed by atoms with Crippen LogP contribution in [0.1, 0.15) is 46.4 Å². The van der Waals surface area contributed by atoms with Crippen molar-refractivity contribution >= 4 is 28.7 Å². The number of hydrogen-bond acceptors (Lipinski definition) is 8. The maximum absolute atomic E-state index is 14.5. The van der Waals surface area contributed by atoms with Gasteiger partial charge in [-0.1, -0.05) is 36.8 Å². The molecule has 1 aromatic heterocycles. The number of rotatable bonds is 10. The van der Waals surface area contributed by atoms with Crippen molar-refractivity contribution < 1.29 is 23.1 Å². The highest BCUT2D eigenvalue weighted by atomic mass is 19.2. The topological polar surface area (TPSA) is 128 Å². The second kappa shape index (κ2) is 12.8. The molecule has 0 aliphatic carbocycles. The molecule has 1 atom stereocenters. The fourth-order valence-electron chi connectivity index (χ4n) is 5.25. The summed E-state index contributed by atoms with van der Waals surface area (Å²) in [4.78, 5) is 38.5. The smallest absolute Gasteiger partial charge is 0.323 e. The van der Waals surface area contributed by atoms with Crippen molar-refractivity contribution in [3.63, 3.8) is 0 Å². The number of ether oxygens (including phenoxy) is 1. The van der Waals surface area contributed by atoms with Crippen LogP contribution in [0, 0.1) is 11.6 Å². The van der Waals surface area contributed by atoms with Crippen molar-refractivity contribution in [2.75, 3.05) is 26.4 Å². The summed E-state index contributed by atoms with van der Waals surface area (Å²) in [6, 6.07) is 13.9. The first-order valence-corrected chi connectivity index (χ1v) is 14.1. The van der Waals surface area contributed by atoms with Crippen LogP contribution < -0.4 is 11.5 Å². The van der Waals surface area contributed by atoms with Gasteiger partial charge in [0.25, 0.3) is 5.91 Å². The molecule has 1 aliphatic heterocycles. The molecule has 4 aromatic rings. The van der Waals surface area contributed by atoms with Gasteiger partial charge >= 0.3 is 5.97 Å². The van der Waals surface area contributed by atoms with E-state index in [-0.39, 0.29) is 35.3 Å². The number of nitrogens with zero attached hydrogens (tertiary/aromatic N) is 4. The maximum atomic E-state index is 14.5. The SMILES string of the molecule is CN(C)CCCCC(N)C(=O)OCc1cc(F)c(F)cc1-c1ccc2nc(N)nc(C(=O)N3Cc4ccccc4C3)c2c1. The third kappa shape index (κ3) is 6.79. The Balaban J connectivity index is 1.41. The van der Waals surface area contributed by atoms with E-state index in [0.717, 1.165) is 42.6 Å². The van der Waals surface area contributed by atoms with Crippen LogP contribution in [0.4, 0.5) is 14.7 Å². The van der Waals surface area contributed by atoms with E-state index >= 15 is 0 Å². The quantitative estimate of drug-likeness (QED) is 0.206. The molecule has 0 saturated carbocycles. The maximum Gasteiger partial charge on any atom is 0.323 e. The van der Waals surface area contributed by atoms with E-state index in [1.54, 1.807) is 23.1 Å². The van der Waals surface area contributed by atoms with E-state index in [9.17, 15) is 18.4 Å². The highest BCUT2D eigenvalue weighted by Crippen LogP contribution is 2.32. The van der Waals surface area contributed by atoms with Crippen molar-refractivity contribution in [2.45, 2.75) is 45.0 Å². The molecular weight excluding hydrogens is 554 g/mol. The normalized spacial score (nSPS) is 13.4. The third-order valence-corrected chi connectivity index (χ3v) is 7.54. The van der Waals surface area contributed by atoms with Crippen molar-refractivity contribution in [2.24, 2.45) is 5.73 Å². The van der Waals surface area contributed by atoms with Crippen LogP contribution >= 0.6 is 0 Å². The summed E-state index contributed by atoms with van der Waals surface area (Å²) in [5.74, 6) is -3.15. The Morgan fingerprint density at radius 3 is 2.40 bits per heavy atom. The molecule has 1 amide bonds. The van der Waals surface area contributed by atoms with E-state index in [0.29, 0.717) is 36.0 Å². The molecule has 0 fully saturated rings. The Kier molecular flexibility index (Phi) is 8.93. The molecule has 3 aromatic carbocycles. The van der Waals surface area contributed by atoms with Gasteiger partial charge in [-0.05, 0) is 80.0 Å². The predicted molar refractivity (Wildman–Crippen MR) is 159 cm³/mol. The molecule has 0 saturated heterocycles. The molecule has 0 bridgehead atoms. The molecule has 2 heterocycles. The zero-order valence-electron chi connectivity index (χ0n) is 24.1. The van der Waals surface area contributed by atoms with Gasteiger partial charge in [-0.15, -0.1) is 0 Å². The van der Waals surface area contributed by atoms with E-state index in [1.807, 2.05) is 43.3 Å². The van der Waals surface area contributed by atoms with Crippen molar-refractivity contribution in [3.05, 3.63) is 88.6 Å². The fraction of sp³-hybridized carbons (Fsp3) is 0.312. The fourth-order valence-corrected chi connectivity index (χ4v) is 5.25. The van der Waals surface area contributed by atoms with Gasteiger partial charge in [-0.2, -0.15) is 0 Å². The van der Waals surface area contributed by atoms with Crippen molar-refractivity contribution in [1.29, 1.82) is 0 Å². The number of halogens is 2. The Labute approximate surface area is 248 Å². The minimum Gasteiger partial charge on any atom is -0.460 e. The average molecular weight is 589 g/mol. The number of nitrogens with two attached hydrogens (primary N) is 2. The third-order valence-electron chi connectivity index (χ3n) is 7.54. The van der Waals surface area contributed by atoms with Crippen LogP contribution in [0.5, 0.6) is 0 Å². The highest BCUT2D eigenvalue weighted by Gasteiger charge is 2.27. The van der Waals surface area contributed by atoms with Crippen LogP contribution in [0.2, 0.25) is 0 Å². The zero-order valence-corrected chi connectivity index (χ0v) is 24.1.